The molecule has 1 rings (SSSR count). The van der Waals surface area contributed by atoms with E-state index in [1.54, 1.807) is 6.07 Å². The average molecular weight is 302 g/mol. The number of aryl methyl sites for hydroxylation is 1. The molecule has 4 heteroatoms. The number of carbonyl (C=O) groups is 1. The van der Waals surface area contributed by atoms with E-state index in [1.807, 2.05) is 19.1 Å². The smallest absolute Gasteiger partial charge is 0.252 e. The largest absolute Gasteiger partial charge is 0.350 e. The summed E-state index contributed by atoms with van der Waals surface area (Å²) in [5.74, 6) is 0.264. The first-order valence-electron chi connectivity index (χ1n) is 6.68. The lowest BCUT2D eigenvalue weighted by Gasteiger charge is -2.19. The van der Waals surface area contributed by atoms with Crippen LogP contribution in [0.25, 0.3) is 0 Å². The monoisotopic (exact) mass is 301 g/mol. The third kappa shape index (κ3) is 4.39. The summed E-state index contributed by atoms with van der Waals surface area (Å²) in [6.07, 6.45) is 2.04. The molecule has 1 unspecified atom stereocenters. The molecule has 0 radical (unpaired) electrons. The molecule has 0 aliphatic carbocycles. The molecule has 2 nitrogen and oxygen atoms in total. The van der Waals surface area contributed by atoms with E-state index in [9.17, 15) is 4.79 Å². The Labute approximate surface area is 125 Å². The third-order valence-electron chi connectivity index (χ3n) is 3.45. The van der Waals surface area contributed by atoms with Crippen LogP contribution in [0.4, 0.5) is 0 Å². The molecule has 0 aliphatic rings. The van der Waals surface area contributed by atoms with E-state index in [2.05, 4.69) is 19.2 Å². The molecule has 0 fully saturated rings. The second-order valence-corrected chi connectivity index (χ2v) is 5.68. The van der Waals surface area contributed by atoms with Gasteiger partial charge in [-0.05, 0) is 24.5 Å². The van der Waals surface area contributed by atoms with Gasteiger partial charge in [0.25, 0.3) is 5.91 Å². The second-order valence-electron chi connectivity index (χ2n) is 4.74. The maximum absolute atomic E-state index is 12.1. The van der Waals surface area contributed by atoms with Crippen molar-refractivity contribution >= 4 is 29.1 Å². The maximum Gasteiger partial charge on any atom is 0.252 e. The van der Waals surface area contributed by atoms with Crippen LogP contribution in [-0.2, 0) is 0 Å². The van der Waals surface area contributed by atoms with Crippen LogP contribution in [0.15, 0.2) is 18.2 Å². The van der Waals surface area contributed by atoms with Crippen LogP contribution < -0.4 is 5.32 Å². The number of hydrogen-bond acceptors (Lipinski definition) is 1. The highest BCUT2D eigenvalue weighted by molar-refractivity contribution is 6.34. The van der Waals surface area contributed by atoms with Crippen molar-refractivity contribution in [3.05, 3.63) is 34.3 Å². The van der Waals surface area contributed by atoms with Crippen LogP contribution in [0.1, 0.15) is 42.6 Å². The van der Waals surface area contributed by atoms with E-state index < -0.39 is 0 Å². The Kier molecular flexibility index (Phi) is 6.67. The lowest BCUT2D eigenvalue weighted by atomic mass is 9.99. The summed E-state index contributed by atoms with van der Waals surface area (Å²) in [7, 11) is 0. The summed E-state index contributed by atoms with van der Waals surface area (Å²) in [6.45, 7) is 6.58. The molecule has 0 heterocycles. The van der Waals surface area contributed by atoms with Crippen LogP contribution in [0.5, 0.6) is 0 Å². The van der Waals surface area contributed by atoms with E-state index >= 15 is 0 Å². The summed E-state index contributed by atoms with van der Waals surface area (Å²) in [5.41, 5.74) is 1.41. The van der Waals surface area contributed by atoms with Crippen molar-refractivity contribution in [2.75, 3.05) is 6.54 Å². The van der Waals surface area contributed by atoms with Crippen LogP contribution in [0.3, 0.4) is 0 Å². The van der Waals surface area contributed by atoms with Crippen LogP contribution >= 0.6 is 23.2 Å². The summed E-state index contributed by atoms with van der Waals surface area (Å²) in [5, 5.41) is 3.33. The van der Waals surface area contributed by atoms with Crippen LogP contribution in [0, 0.1) is 12.8 Å². The Morgan fingerprint density at radius 1 is 1.32 bits per heavy atom. The zero-order valence-electron chi connectivity index (χ0n) is 11.7. The van der Waals surface area contributed by atoms with Gasteiger partial charge in [0.1, 0.15) is 0 Å². The number of halogens is 2. The normalized spacial score (nSPS) is 12.5. The van der Waals surface area contributed by atoms with Crippen molar-refractivity contribution in [2.45, 2.75) is 39.0 Å². The molecular formula is C15H21Cl2NO. The fraction of sp³-hybridized carbons (Fsp3) is 0.533. The maximum atomic E-state index is 12.1. The summed E-state index contributed by atoms with van der Waals surface area (Å²) in [4.78, 5) is 12.1. The molecule has 1 N–H and O–H groups in total. The number of hydrogen-bond donors (Lipinski definition) is 1. The van der Waals surface area contributed by atoms with Crippen molar-refractivity contribution < 1.29 is 4.79 Å². The summed E-state index contributed by atoms with van der Waals surface area (Å²) >= 11 is 12.4. The van der Waals surface area contributed by atoms with Gasteiger partial charge in [-0.1, -0.05) is 50.4 Å². The SMILES string of the molecule is CCC(CC)C(Cl)CNC(=O)c1cccc(C)c1Cl. The summed E-state index contributed by atoms with van der Waals surface area (Å²) < 4.78 is 0. The molecule has 1 atom stereocenters. The van der Waals surface area contributed by atoms with Gasteiger partial charge in [0.15, 0.2) is 0 Å². The molecular weight excluding hydrogens is 281 g/mol. The molecule has 1 aromatic carbocycles. The fourth-order valence-corrected chi connectivity index (χ4v) is 2.72. The zero-order valence-corrected chi connectivity index (χ0v) is 13.2. The first-order chi connectivity index (χ1) is 9.01. The highest BCUT2D eigenvalue weighted by Gasteiger charge is 2.18. The van der Waals surface area contributed by atoms with E-state index in [4.69, 9.17) is 23.2 Å². The zero-order chi connectivity index (χ0) is 14.4. The van der Waals surface area contributed by atoms with Gasteiger partial charge in [0.05, 0.1) is 16.0 Å². The standard InChI is InChI=1S/C15H21Cl2NO/c1-4-11(5-2)13(16)9-18-15(19)12-8-6-7-10(3)14(12)17/h6-8,11,13H,4-5,9H2,1-3H3,(H,18,19). The average Bonchev–Trinajstić information content (AvgIpc) is 2.40. The fourth-order valence-electron chi connectivity index (χ4n) is 2.08. The molecule has 106 valence electrons. The van der Waals surface area contributed by atoms with Crippen molar-refractivity contribution in [3.8, 4) is 0 Å². The van der Waals surface area contributed by atoms with Crippen molar-refractivity contribution in [2.24, 2.45) is 5.92 Å². The molecule has 0 spiro atoms. The predicted octanol–water partition coefficient (Wildman–Crippen LogP) is 4.42. The first-order valence-corrected chi connectivity index (χ1v) is 7.50. The van der Waals surface area contributed by atoms with Gasteiger partial charge in [-0.15, -0.1) is 11.6 Å². The Morgan fingerprint density at radius 2 is 1.95 bits per heavy atom. The summed E-state index contributed by atoms with van der Waals surface area (Å²) in [6, 6.07) is 5.44. The minimum absolute atomic E-state index is 0.0393. The number of carbonyl (C=O) groups excluding carboxylic acids is 1. The lowest BCUT2D eigenvalue weighted by Crippen LogP contribution is -2.33. The van der Waals surface area contributed by atoms with Crippen molar-refractivity contribution in [3.63, 3.8) is 0 Å². The molecule has 1 aromatic rings. The van der Waals surface area contributed by atoms with E-state index in [-0.39, 0.29) is 11.3 Å². The topological polar surface area (TPSA) is 29.1 Å². The van der Waals surface area contributed by atoms with Gasteiger partial charge in [0.2, 0.25) is 0 Å². The van der Waals surface area contributed by atoms with Crippen molar-refractivity contribution in [1.29, 1.82) is 0 Å². The molecule has 1 amide bonds. The second kappa shape index (κ2) is 7.76. The molecule has 0 saturated carbocycles. The Morgan fingerprint density at radius 3 is 2.53 bits per heavy atom. The third-order valence-corrected chi connectivity index (χ3v) is 4.47. The van der Waals surface area contributed by atoms with Gasteiger partial charge < -0.3 is 5.32 Å². The number of rotatable bonds is 6. The van der Waals surface area contributed by atoms with Gasteiger partial charge in [-0.3, -0.25) is 4.79 Å². The lowest BCUT2D eigenvalue weighted by molar-refractivity contribution is 0.0951. The van der Waals surface area contributed by atoms with E-state index in [1.165, 1.54) is 0 Å². The molecule has 19 heavy (non-hydrogen) atoms. The van der Waals surface area contributed by atoms with Crippen molar-refractivity contribution in [1.82, 2.24) is 5.32 Å². The predicted molar refractivity (Wildman–Crippen MR) is 82.2 cm³/mol. The van der Waals surface area contributed by atoms with E-state index in [0.29, 0.717) is 23.0 Å². The highest BCUT2D eigenvalue weighted by Crippen LogP contribution is 2.21. The minimum atomic E-state index is -0.162. The Hall–Kier alpha value is -0.730. The molecule has 0 saturated heterocycles. The van der Waals surface area contributed by atoms with Gasteiger partial charge in [-0.25, -0.2) is 0 Å². The number of alkyl halides is 1. The Bertz CT molecular complexity index is 430. The van der Waals surface area contributed by atoms with Gasteiger partial charge in [0, 0.05) is 6.54 Å². The molecule has 0 aliphatic heterocycles. The number of amides is 1. The van der Waals surface area contributed by atoms with E-state index in [0.717, 1.165) is 18.4 Å². The number of nitrogens with one attached hydrogen (secondary N) is 1. The van der Waals surface area contributed by atoms with Crippen LogP contribution in [0.2, 0.25) is 5.02 Å². The number of benzene rings is 1. The minimum Gasteiger partial charge on any atom is -0.350 e. The highest BCUT2D eigenvalue weighted by atomic mass is 35.5. The van der Waals surface area contributed by atoms with Gasteiger partial charge in [-0.2, -0.15) is 0 Å². The van der Waals surface area contributed by atoms with Gasteiger partial charge >= 0.3 is 0 Å². The molecule has 0 bridgehead atoms. The first kappa shape index (κ1) is 16.3. The molecule has 0 aromatic heterocycles. The van der Waals surface area contributed by atoms with Crippen LogP contribution in [-0.4, -0.2) is 17.8 Å². The quantitative estimate of drug-likeness (QED) is 0.774. The Balaban J connectivity index is 2.63.